The summed E-state index contributed by atoms with van der Waals surface area (Å²) in [5.74, 6) is 1.01. The quantitative estimate of drug-likeness (QED) is 0.800. The lowest BCUT2D eigenvalue weighted by molar-refractivity contribution is 0.770. The van der Waals surface area contributed by atoms with Gasteiger partial charge < -0.3 is 4.57 Å². The molecule has 0 aliphatic heterocycles. The molecule has 0 fully saturated rings. The maximum Gasteiger partial charge on any atom is 0.141 e. The third-order valence-corrected chi connectivity index (χ3v) is 2.50. The molecule has 1 heterocycles. The summed E-state index contributed by atoms with van der Waals surface area (Å²) >= 11 is 3.39. The third kappa shape index (κ3) is 1.73. The Morgan fingerprint density at radius 3 is 2.64 bits per heavy atom. The first-order valence-electron chi connectivity index (χ1n) is 4.59. The number of halogens is 1. The van der Waals surface area contributed by atoms with Crippen molar-refractivity contribution in [3.05, 3.63) is 41.1 Å². The van der Waals surface area contributed by atoms with Crippen LogP contribution in [-0.2, 0) is 6.54 Å². The Balaban J connectivity index is 2.51. The monoisotopic (exact) mass is 250 g/mol. The van der Waals surface area contributed by atoms with Crippen LogP contribution < -0.4 is 0 Å². The predicted molar refractivity (Wildman–Crippen MR) is 61.0 cm³/mol. The molecule has 14 heavy (non-hydrogen) atoms. The summed E-state index contributed by atoms with van der Waals surface area (Å²) in [7, 11) is 0. The molecular formula is C11H11BrN2. The van der Waals surface area contributed by atoms with Gasteiger partial charge in [-0.2, -0.15) is 0 Å². The van der Waals surface area contributed by atoms with Crippen LogP contribution in [0.15, 0.2) is 41.1 Å². The first kappa shape index (κ1) is 9.46. The van der Waals surface area contributed by atoms with Crippen molar-refractivity contribution in [2.45, 2.75) is 13.5 Å². The zero-order chi connectivity index (χ0) is 9.97. The van der Waals surface area contributed by atoms with Crippen molar-refractivity contribution in [3.63, 3.8) is 0 Å². The molecule has 0 aliphatic carbocycles. The summed E-state index contributed by atoms with van der Waals surface area (Å²) in [5, 5.41) is 0. The van der Waals surface area contributed by atoms with Gasteiger partial charge in [0.2, 0.25) is 0 Å². The van der Waals surface area contributed by atoms with Crippen molar-refractivity contribution >= 4 is 15.9 Å². The van der Waals surface area contributed by atoms with Gasteiger partial charge in [0.15, 0.2) is 0 Å². The molecule has 2 nitrogen and oxygen atoms in total. The Kier molecular flexibility index (Phi) is 2.68. The molecule has 0 bridgehead atoms. The normalized spacial score (nSPS) is 10.4. The zero-order valence-corrected chi connectivity index (χ0v) is 9.53. The second-order valence-electron chi connectivity index (χ2n) is 3.04. The molecule has 2 rings (SSSR count). The molecule has 0 unspecified atom stereocenters. The number of aromatic nitrogens is 2. The smallest absolute Gasteiger partial charge is 0.141 e. The van der Waals surface area contributed by atoms with Gasteiger partial charge in [-0.3, -0.25) is 0 Å². The highest BCUT2D eigenvalue weighted by molar-refractivity contribution is 9.10. The van der Waals surface area contributed by atoms with E-state index in [9.17, 15) is 0 Å². The number of rotatable bonds is 2. The summed E-state index contributed by atoms with van der Waals surface area (Å²) in [5.41, 5.74) is 1.15. The molecule has 0 spiro atoms. The van der Waals surface area contributed by atoms with Crippen molar-refractivity contribution in [2.75, 3.05) is 0 Å². The maximum absolute atomic E-state index is 4.43. The molecule has 1 aromatic carbocycles. The molecule has 0 saturated heterocycles. The lowest BCUT2D eigenvalue weighted by atomic mass is 10.2. The molecule has 72 valence electrons. The fraction of sp³-hybridized carbons (Fsp3) is 0.182. The van der Waals surface area contributed by atoms with Gasteiger partial charge in [-0.05, 0) is 22.9 Å². The number of aryl methyl sites for hydroxylation is 1. The highest BCUT2D eigenvalue weighted by Crippen LogP contribution is 2.20. The van der Waals surface area contributed by atoms with Crippen molar-refractivity contribution in [3.8, 4) is 11.4 Å². The fourth-order valence-corrected chi connectivity index (χ4v) is 1.86. The van der Waals surface area contributed by atoms with E-state index in [2.05, 4.69) is 44.5 Å². The molecule has 0 aliphatic rings. The highest BCUT2D eigenvalue weighted by Gasteiger charge is 2.06. The Labute approximate surface area is 91.7 Å². The molecule has 0 saturated carbocycles. The first-order valence-corrected chi connectivity index (χ1v) is 5.38. The number of benzene rings is 1. The van der Waals surface area contributed by atoms with E-state index in [-0.39, 0.29) is 0 Å². The maximum atomic E-state index is 4.43. The van der Waals surface area contributed by atoms with Gasteiger partial charge in [0.05, 0.1) is 0 Å². The fourth-order valence-electron chi connectivity index (χ4n) is 1.44. The van der Waals surface area contributed by atoms with Crippen LogP contribution in [0.2, 0.25) is 0 Å². The van der Waals surface area contributed by atoms with Crippen LogP contribution in [0.25, 0.3) is 11.4 Å². The summed E-state index contributed by atoms with van der Waals surface area (Å²) in [6.45, 7) is 3.05. The number of hydrogen-bond donors (Lipinski definition) is 0. The van der Waals surface area contributed by atoms with Gasteiger partial charge in [-0.25, -0.2) is 4.98 Å². The molecule has 0 amide bonds. The van der Waals surface area contributed by atoms with Gasteiger partial charge in [0.1, 0.15) is 10.4 Å². The van der Waals surface area contributed by atoms with E-state index in [4.69, 9.17) is 0 Å². The van der Waals surface area contributed by atoms with Gasteiger partial charge in [0, 0.05) is 18.3 Å². The number of hydrogen-bond acceptors (Lipinski definition) is 1. The van der Waals surface area contributed by atoms with Crippen LogP contribution >= 0.6 is 15.9 Å². The minimum absolute atomic E-state index is 0.887. The summed E-state index contributed by atoms with van der Waals surface area (Å²) < 4.78 is 3.01. The van der Waals surface area contributed by atoms with E-state index in [1.807, 2.05) is 24.4 Å². The molecule has 0 radical (unpaired) electrons. The second kappa shape index (κ2) is 3.96. The van der Waals surface area contributed by atoms with Crippen LogP contribution in [-0.4, -0.2) is 9.55 Å². The average Bonchev–Trinajstić information content (AvgIpc) is 2.61. The van der Waals surface area contributed by atoms with Crippen LogP contribution in [0.3, 0.4) is 0 Å². The van der Waals surface area contributed by atoms with Crippen molar-refractivity contribution in [1.29, 1.82) is 0 Å². The zero-order valence-electron chi connectivity index (χ0n) is 7.94. The van der Waals surface area contributed by atoms with Crippen molar-refractivity contribution in [1.82, 2.24) is 9.55 Å². The van der Waals surface area contributed by atoms with E-state index >= 15 is 0 Å². The van der Waals surface area contributed by atoms with Crippen LogP contribution in [0.1, 0.15) is 6.92 Å². The van der Waals surface area contributed by atoms with E-state index in [1.54, 1.807) is 0 Å². The molecule has 1 aromatic heterocycles. The Morgan fingerprint density at radius 1 is 1.29 bits per heavy atom. The molecule has 3 heteroatoms. The summed E-state index contributed by atoms with van der Waals surface area (Å²) in [6, 6.07) is 10.2. The van der Waals surface area contributed by atoms with Crippen LogP contribution in [0.5, 0.6) is 0 Å². The Morgan fingerprint density at radius 2 is 2.00 bits per heavy atom. The summed E-state index contributed by atoms with van der Waals surface area (Å²) in [4.78, 5) is 4.43. The lowest BCUT2D eigenvalue weighted by Crippen LogP contribution is -1.95. The molecular weight excluding hydrogens is 240 g/mol. The lowest BCUT2D eigenvalue weighted by Gasteiger charge is -2.03. The van der Waals surface area contributed by atoms with Crippen LogP contribution in [0, 0.1) is 0 Å². The van der Waals surface area contributed by atoms with Gasteiger partial charge in [-0.15, -0.1) is 0 Å². The molecule has 0 atom stereocenters. The average molecular weight is 251 g/mol. The highest BCUT2D eigenvalue weighted by atomic mass is 79.9. The second-order valence-corrected chi connectivity index (χ2v) is 3.85. The van der Waals surface area contributed by atoms with Gasteiger partial charge >= 0.3 is 0 Å². The molecule has 0 N–H and O–H groups in total. The minimum atomic E-state index is 0.887. The van der Waals surface area contributed by atoms with E-state index in [0.717, 1.165) is 22.5 Å². The van der Waals surface area contributed by atoms with Crippen LogP contribution in [0.4, 0.5) is 0 Å². The van der Waals surface area contributed by atoms with Gasteiger partial charge in [-0.1, -0.05) is 30.3 Å². The standard InChI is InChI=1S/C11H11BrN2/c1-2-14-8-10(12)13-11(14)9-6-4-3-5-7-9/h3-8H,2H2,1H3. The van der Waals surface area contributed by atoms with Crippen molar-refractivity contribution < 1.29 is 0 Å². The Bertz CT molecular complexity index is 420. The van der Waals surface area contributed by atoms with E-state index in [0.29, 0.717) is 0 Å². The van der Waals surface area contributed by atoms with E-state index < -0.39 is 0 Å². The largest absolute Gasteiger partial charge is 0.330 e. The molecule has 2 aromatic rings. The summed E-state index contributed by atoms with van der Waals surface area (Å²) in [6.07, 6.45) is 2.00. The third-order valence-electron chi connectivity index (χ3n) is 2.12. The number of imidazole rings is 1. The first-order chi connectivity index (χ1) is 6.81. The predicted octanol–water partition coefficient (Wildman–Crippen LogP) is 3.33. The van der Waals surface area contributed by atoms with Gasteiger partial charge in [0.25, 0.3) is 0 Å². The minimum Gasteiger partial charge on any atom is -0.330 e. The topological polar surface area (TPSA) is 17.8 Å². The number of nitrogens with zero attached hydrogens (tertiary/aromatic N) is 2. The van der Waals surface area contributed by atoms with Crippen molar-refractivity contribution in [2.24, 2.45) is 0 Å². The van der Waals surface area contributed by atoms with E-state index in [1.165, 1.54) is 0 Å². The SMILES string of the molecule is CCn1cc(Br)nc1-c1ccccc1. The Hall–Kier alpha value is -1.09.